The summed E-state index contributed by atoms with van der Waals surface area (Å²) < 4.78 is 5.14. The monoisotopic (exact) mass is 209 g/mol. The maximum absolute atomic E-state index is 8.72. The Morgan fingerprint density at radius 3 is 2.93 bits per heavy atom. The van der Waals surface area contributed by atoms with Crippen LogP contribution in [0.15, 0.2) is 24.3 Å². The molecule has 0 spiro atoms. The predicted molar refractivity (Wildman–Crippen MR) is 62.4 cm³/mol. The molecule has 3 heteroatoms. The van der Waals surface area contributed by atoms with Crippen molar-refractivity contribution < 1.29 is 9.84 Å². The van der Waals surface area contributed by atoms with Crippen molar-refractivity contribution in [1.29, 1.82) is 0 Å². The lowest BCUT2D eigenvalue weighted by Gasteiger charge is -2.15. The van der Waals surface area contributed by atoms with Gasteiger partial charge in [-0.1, -0.05) is 6.07 Å². The zero-order chi connectivity index (χ0) is 11.1. The van der Waals surface area contributed by atoms with Crippen LogP contribution in [0.2, 0.25) is 0 Å². The number of ether oxygens (including phenoxy) is 1. The molecule has 1 unspecified atom stereocenters. The quantitative estimate of drug-likeness (QED) is 0.755. The number of aliphatic hydroxyl groups is 1. The Bertz CT molecular complexity index is 289. The summed E-state index contributed by atoms with van der Waals surface area (Å²) >= 11 is 0. The van der Waals surface area contributed by atoms with Crippen LogP contribution in [0.3, 0.4) is 0 Å². The molecular weight excluding hydrogens is 190 g/mol. The van der Waals surface area contributed by atoms with Crippen LogP contribution in [0.1, 0.15) is 19.8 Å². The molecule has 0 aliphatic rings. The lowest BCUT2D eigenvalue weighted by molar-refractivity contribution is 0.282. The summed E-state index contributed by atoms with van der Waals surface area (Å²) in [6.45, 7) is 2.36. The summed E-state index contributed by atoms with van der Waals surface area (Å²) in [6.07, 6.45) is 1.80. The molecule has 0 heterocycles. The van der Waals surface area contributed by atoms with Gasteiger partial charge in [-0.05, 0) is 31.9 Å². The van der Waals surface area contributed by atoms with Gasteiger partial charge in [0.25, 0.3) is 0 Å². The molecule has 0 aliphatic heterocycles. The number of rotatable bonds is 6. The maximum Gasteiger partial charge on any atom is 0.120 e. The summed E-state index contributed by atoms with van der Waals surface area (Å²) in [5, 5.41) is 12.1. The van der Waals surface area contributed by atoms with Crippen molar-refractivity contribution in [2.75, 3.05) is 19.0 Å². The van der Waals surface area contributed by atoms with Gasteiger partial charge in [-0.25, -0.2) is 0 Å². The third kappa shape index (κ3) is 4.21. The van der Waals surface area contributed by atoms with Crippen molar-refractivity contribution in [1.82, 2.24) is 0 Å². The molecule has 2 N–H and O–H groups in total. The van der Waals surface area contributed by atoms with Gasteiger partial charge in [-0.3, -0.25) is 0 Å². The molecule has 84 valence electrons. The minimum Gasteiger partial charge on any atom is -0.497 e. The summed E-state index contributed by atoms with van der Waals surface area (Å²) in [6, 6.07) is 8.22. The third-order valence-corrected chi connectivity index (χ3v) is 2.28. The van der Waals surface area contributed by atoms with Crippen molar-refractivity contribution in [2.24, 2.45) is 0 Å². The Morgan fingerprint density at radius 1 is 1.47 bits per heavy atom. The first kappa shape index (κ1) is 11.9. The maximum atomic E-state index is 8.72. The van der Waals surface area contributed by atoms with Crippen LogP contribution in [0.5, 0.6) is 5.75 Å². The van der Waals surface area contributed by atoms with Gasteiger partial charge in [-0.2, -0.15) is 0 Å². The zero-order valence-electron chi connectivity index (χ0n) is 9.36. The lowest BCUT2D eigenvalue weighted by atomic mass is 10.2. The first-order valence-electron chi connectivity index (χ1n) is 5.27. The van der Waals surface area contributed by atoms with Gasteiger partial charge in [0.15, 0.2) is 0 Å². The largest absolute Gasteiger partial charge is 0.497 e. The highest BCUT2D eigenvalue weighted by molar-refractivity contribution is 5.48. The number of hydrogen-bond donors (Lipinski definition) is 2. The van der Waals surface area contributed by atoms with Crippen molar-refractivity contribution >= 4 is 5.69 Å². The highest BCUT2D eigenvalue weighted by atomic mass is 16.5. The van der Waals surface area contributed by atoms with E-state index >= 15 is 0 Å². The molecule has 1 atom stereocenters. The molecule has 15 heavy (non-hydrogen) atoms. The molecule has 0 aromatic heterocycles. The normalized spacial score (nSPS) is 12.2. The molecule has 0 aliphatic carbocycles. The smallest absolute Gasteiger partial charge is 0.120 e. The number of aliphatic hydroxyl groups excluding tert-OH is 1. The average Bonchev–Trinajstić information content (AvgIpc) is 2.26. The van der Waals surface area contributed by atoms with Gasteiger partial charge >= 0.3 is 0 Å². The van der Waals surface area contributed by atoms with Crippen molar-refractivity contribution in [3.05, 3.63) is 24.3 Å². The van der Waals surface area contributed by atoms with E-state index in [0.717, 1.165) is 24.3 Å². The van der Waals surface area contributed by atoms with Crippen LogP contribution in [0, 0.1) is 0 Å². The summed E-state index contributed by atoms with van der Waals surface area (Å²) in [4.78, 5) is 0. The number of anilines is 1. The Balaban J connectivity index is 2.48. The van der Waals surface area contributed by atoms with E-state index in [1.54, 1.807) is 7.11 Å². The standard InChI is InChI=1S/C12H19NO2/c1-10(5-4-8-14)13-11-6-3-7-12(9-11)15-2/h3,6-7,9-10,13-14H,4-5,8H2,1-2H3. The Labute approximate surface area is 91.1 Å². The van der Waals surface area contributed by atoms with Crippen LogP contribution in [-0.4, -0.2) is 24.9 Å². The third-order valence-electron chi connectivity index (χ3n) is 2.28. The zero-order valence-corrected chi connectivity index (χ0v) is 9.36. The van der Waals surface area contributed by atoms with E-state index in [-0.39, 0.29) is 6.61 Å². The van der Waals surface area contributed by atoms with E-state index in [0.29, 0.717) is 6.04 Å². The van der Waals surface area contributed by atoms with Crippen LogP contribution < -0.4 is 10.1 Å². The molecule has 1 aromatic carbocycles. The van der Waals surface area contributed by atoms with Gasteiger partial charge < -0.3 is 15.2 Å². The average molecular weight is 209 g/mol. The van der Waals surface area contributed by atoms with Crippen molar-refractivity contribution in [3.8, 4) is 5.75 Å². The second-order valence-corrected chi connectivity index (χ2v) is 3.64. The molecule has 0 saturated carbocycles. The Morgan fingerprint density at radius 2 is 2.27 bits per heavy atom. The van der Waals surface area contributed by atoms with Crippen LogP contribution in [0.25, 0.3) is 0 Å². The fourth-order valence-electron chi connectivity index (χ4n) is 1.47. The van der Waals surface area contributed by atoms with Gasteiger partial charge in [0.1, 0.15) is 5.75 Å². The van der Waals surface area contributed by atoms with Crippen LogP contribution in [-0.2, 0) is 0 Å². The van der Waals surface area contributed by atoms with Crippen LogP contribution >= 0.6 is 0 Å². The fraction of sp³-hybridized carbons (Fsp3) is 0.500. The summed E-state index contributed by atoms with van der Waals surface area (Å²) in [7, 11) is 1.66. The molecule has 0 radical (unpaired) electrons. The van der Waals surface area contributed by atoms with E-state index < -0.39 is 0 Å². The SMILES string of the molecule is COc1cccc(NC(C)CCCO)c1. The van der Waals surface area contributed by atoms with E-state index in [1.165, 1.54) is 0 Å². The minimum absolute atomic E-state index is 0.254. The molecular formula is C12H19NO2. The predicted octanol–water partition coefficient (Wildman–Crippen LogP) is 2.27. The fourth-order valence-corrected chi connectivity index (χ4v) is 1.47. The Kier molecular flexibility index (Phi) is 4.98. The minimum atomic E-state index is 0.254. The molecule has 0 saturated heterocycles. The molecule has 0 amide bonds. The molecule has 3 nitrogen and oxygen atoms in total. The lowest BCUT2D eigenvalue weighted by Crippen LogP contribution is -2.15. The molecule has 1 aromatic rings. The van der Waals surface area contributed by atoms with Gasteiger partial charge in [0.05, 0.1) is 7.11 Å². The molecule has 1 rings (SSSR count). The number of nitrogens with one attached hydrogen (secondary N) is 1. The Hall–Kier alpha value is -1.22. The molecule has 0 fully saturated rings. The van der Waals surface area contributed by atoms with Crippen LogP contribution in [0.4, 0.5) is 5.69 Å². The second kappa shape index (κ2) is 6.30. The van der Waals surface area contributed by atoms with Crippen molar-refractivity contribution in [2.45, 2.75) is 25.8 Å². The first-order chi connectivity index (χ1) is 7.26. The first-order valence-corrected chi connectivity index (χ1v) is 5.27. The van der Waals surface area contributed by atoms with E-state index in [4.69, 9.17) is 9.84 Å². The van der Waals surface area contributed by atoms with E-state index in [2.05, 4.69) is 12.2 Å². The number of methoxy groups -OCH3 is 1. The highest BCUT2D eigenvalue weighted by Gasteiger charge is 2.01. The van der Waals surface area contributed by atoms with Gasteiger partial charge in [0.2, 0.25) is 0 Å². The second-order valence-electron chi connectivity index (χ2n) is 3.64. The molecule has 0 bridgehead atoms. The van der Waals surface area contributed by atoms with Crippen molar-refractivity contribution in [3.63, 3.8) is 0 Å². The summed E-state index contributed by atoms with van der Waals surface area (Å²) in [5.41, 5.74) is 1.06. The van der Waals surface area contributed by atoms with E-state index in [1.807, 2.05) is 24.3 Å². The van der Waals surface area contributed by atoms with Gasteiger partial charge in [-0.15, -0.1) is 0 Å². The number of benzene rings is 1. The van der Waals surface area contributed by atoms with E-state index in [9.17, 15) is 0 Å². The van der Waals surface area contributed by atoms with Gasteiger partial charge in [0, 0.05) is 24.4 Å². The summed E-state index contributed by atoms with van der Waals surface area (Å²) in [5.74, 6) is 0.856. The number of hydrogen-bond acceptors (Lipinski definition) is 3. The topological polar surface area (TPSA) is 41.5 Å². The highest BCUT2D eigenvalue weighted by Crippen LogP contribution is 2.18.